The summed E-state index contributed by atoms with van der Waals surface area (Å²) in [6.07, 6.45) is 3.10. The van der Waals surface area contributed by atoms with Gasteiger partial charge in [0.2, 0.25) is 5.91 Å². The molecule has 2 amide bonds. The Morgan fingerprint density at radius 3 is 2.87 bits per heavy atom. The number of halogens is 1. The molecule has 120 valence electrons. The minimum Gasteiger partial charge on any atom is -0.351 e. The Morgan fingerprint density at radius 1 is 1.26 bits per heavy atom. The van der Waals surface area contributed by atoms with Crippen LogP contribution in [-0.4, -0.2) is 39.3 Å². The van der Waals surface area contributed by atoms with Gasteiger partial charge in [0.05, 0.1) is 17.6 Å². The molecule has 4 rings (SSSR count). The average molecular weight is 317 g/mol. The van der Waals surface area contributed by atoms with E-state index in [1.807, 2.05) is 0 Å². The molecule has 8 heteroatoms. The van der Waals surface area contributed by atoms with E-state index in [9.17, 15) is 14.0 Å². The normalized spacial score (nSPS) is 24.5. The molecule has 0 spiro atoms. The molecule has 0 bridgehead atoms. The van der Waals surface area contributed by atoms with Gasteiger partial charge in [0, 0.05) is 12.5 Å². The molecule has 2 heterocycles. The highest BCUT2D eigenvalue weighted by Crippen LogP contribution is 2.36. The third-order valence-electron chi connectivity index (χ3n) is 4.52. The summed E-state index contributed by atoms with van der Waals surface area (Å²) in [6, 6.07) is 2.21. The predicted octanol–water partition coefficient (Wildman–Crippen LogP) is 0.884. The highest BCUT2D eigenvalue weighted by Gasteiger charge is 2.40. The van der Waals surface area contributed by atoms with E-state index in [0.29, 0.717) is 29.8 Å². The van der Waals surface area contributed by atoms with Crippen molar-refractivity contribution in [3.05, 3.63) is 23.5 Å². The lowest BCUT2D eigenvalue weighted by Gasteiger charge is -2.33. The lowest BCUT2D eigenvalue weighted by molar-refractivity contribution is -0.124. The molecule has 0 radical (unpaired) electrons. The molecule has 7 nitrogen and oxygen atoms in total. The highest BCUT2D eigenvalue weighted by molar-refractivity contribution is 6.04. The minimum absolute atomic E-state index is 0.0250. The van der Waals surface area contributed by atoms with Crippen LogP contribution in [0.3, 0.4) is 0 Å². The van der Waals surface area contributed by atoms with Crippen LogP contribution in [0.1, 0.15) is 36.0 Å². The molecule has 23 heavy (non-hydrogen) atoms. The van der Waals surface area contributed by atoms with Crippen LogP contribution in [0.4, 0.5) is 4.39 Å². The lowest BCUT2D eigenvalue weighted by atomic mass is 9.94. The first-order chi connectivity index (χ1) is 11.1. The largest absolute Gasteiger partial charge is 0.351 e. The Kier molecular flexibility index (Phi) is 3.24. The number of carbonyl (C=O) groups excluding carboxylic acids is 2. The third kappa shape index (κ3) is 2.64. The second-order valence-electron chi connectivity index (χ2n) is 6.19. The number of aromatic nitrogens is 3. The molecule has 2 aliphatic rings. The molecule has 2 fully saturated rings. The van der Waals surface area contributed by atoms with Crippen LogP contribution in [0, 0.1) is 11.7 Å². The van der Waals surface area contributed by atoms with Crippen molar-refractivity contribution in [1.82, 2.24) is 26.0 Å². The fraction of sp³-hybridized carbons (Fsp3) is 0.467. The zero-order valence-electron chi connectivity index (χ0n) is 12.3. The number of aromatic amines is 1. The van der Waals surface area contributed by atoms with Crippen LogP contribution in [0.5, 0.6) is 0 Å². The summed E-state index contributed by atoms with van der Waals surface area (Å²) in [5, 5.41) is 16.0. The van der Waals surface area contributed by atoms with Crippen molar-refractivity contribution in [1.29, 1.82) is 0 Å². The third-order valence-corrected chi connectivity index (χ3v) is 4.52. The van der Waals surface area contributed by atoms with Crippen molar-refractivity contribution in [3.8, 4) is 0 Å². The molecule has 1 aromatic carbocycles. The van der Waals surface area contributed by atoms with Crippen molar-refractivity contribution in [2.75, 3.05) is 0 Å². The van der Waals surface area contributed by atoms with E-state index in [1.54, 1.807) is 0 Å². The Labute approximate surface area is 131 Å². The summed E-state index contributed by atoms with van der Waals surface area (Å²) in [4.78, 5) is 24.2. The summed E-state index contributed by atoms with van der Waals surface area (Å²) >= 11 is 0. The van der Waals surface area contributed by atoms with Gasteiger partial charge in [-0.25, -0.2) is 4.39 Å². The number of benzene rings is 1. The molecule has 1 aliphatic carbocycles. The number of hydrogen-bond donors (Lipinski definition) is 3. The van der Waals surface area contributed by atoms with Crippen LogP contribution < -0.4 is 10.6 Å². The summed E-state index contributed by atoms with van der Waals surface area (Å²) in [7, 11) is 0. The summed E-state index contributed by atoms with van der Waals surface area (Å²) < 4.78 is 13.7. The van der Waals surface area contributed by atoms with E-state index < -0.39 is 11.7 Å². The van der Waals surface area contributed by atoms with E-state index in [0.717, 1.165) is 18.9 Å². The monoisotopic (exact) mass is 317 g/mol. The minimum atomic E-state index is -0.535. The smallest absolute Gasteiger partial charge is 0.254 e. The maximum absolute atomic E-state index is 13.7. The van der Waals surface area contributed by atoms with Gasteiger partial charge in [0.25, 0.3) is 5.91 Å². The van der Waals surface area contributed by atoms with Gasteiger partial charge in [-0.15, -0.1) is 0 Å². The standard InChI is InChI=1S/C15H16FN5O2/c16-8-5-9(14-11(6-8)19-21-20-14)15(23)17-10-3-4-12(22)18-13(10)7-1-2-7/h5-7,10,13H,1-4H2,(H,17,23)(H,18,22)(H,19,20,21). The van der Waals surface area contributed by atoms with Crippen molar-refractivity contribution in [3.63, 3.8) is 0 Å². The maximum Gasteiger partial charge on any atom is 0.254 e. The van der Waals surface area contributed by atoms with Crippen molar-refractivity contribution < 1.29 is 14.0 Å². The van der Waals surface area contributed by atoms with Gasteiger partial charge >= 0.3 is 0 Å². The molecular weight excluding hydrogens is 301 g/mol. The van der Waals surface area contributed by atoms with E-state index in [2.05, 4.69) is 26.0 Å². The zero-order valence-corrected chi connectivity index (χ0v) is 12.3. The predicted molar refractivity (Wildman–Crippen MR) is 79.0 cm³/mol. The number of hydrogen-bond acceptors (Lipinski definition) is 4. The number of carbonyl (C=O) groups is 2. The van der Waals surface area contributed by atoms with E-state index in [4.69, 9.17) is 0 Å². The molecule has 1 aromatic heterocycles. The van der Waals surface area contributed by atoms with Gasteiger partial charge in [-0.1, -0.05) is 0 Å². The lowest BCUT2D eigenvalue weighted by Crippen LogP contribution is -2.56. The van der Waals surface area contributed by atoms with Crippen LogP contribution in [-0.2, 0) is 4.79 Å². The maximum atomic E-state index is 13.7. The molecular formula is C15H16FN5O2. The van der Waals surface area contributed by atoms with Crippen molar-refractivity contribution in [2.24, 2.45) is 5.92 Å². The van der Waals surface area contributed by atoms with E-state index >= 15 is 0 Å². The van der Waals surface area contributed by atoms with Crippen LogP contribution >= 0.6 is 0 Å². The second-order valence-corrected chi connectivity index (χ2v) is 6.19. The topological polar surface area (TPSA) is 99.8 Å². The number of rotatable bonds is 3. The number of fused-ring (bicyclic) bond motifs is 1. The first-order valence-electron chi connectivity index (χ1n) is 7.72. The van der Waals surface area contributed by atoms with Crippen LogP contribution in [0.15, 0.2) is 12.1 Å². The number of nitrogens with one attached hydrogen (secondary N) is 3. The second kappa shape index (κ2) is 5.29. The summed E-state index contributed by atoms with van der Waals surface area (Å²) in [5.41, 5.74) is 0.803. The first-order valence-corrected chi connectivity index (χ1v) is 7.72. The number of nitrogens with zero attached hydrogens (tertiary/aromatic N) is 2. The average Bonchev–Trinajstić information content (AvgIpc) is 3.26. The summed E-state index contributed by atoms with van der Waals surface area (Å²) in [6.45, 7) is 0. The molecule has 1 saturated carbocycles. The van der Waals surface area contributed by atoms with Gasteiger partial charge in [-0.05, 0) is 31.2 Å². The number of H-pyrrole nitrogens is 1. The van der Waals surface area contributed by atoms with E-state index in [-0.39, 0.29) is 23.6 Å². The van der Waals surface area contributed by atoms with Gasteiger partial charge < -0.3 is 10.6 Å². The van der Waals surface area contributed by atoms with Gasteiger partial charge in [0.15, 0.2) is 0 Å². The van der Waals surface area contributed by atoms with Gasteiger partial charge in [-0.2, -0.15) is 15.4 Å². The van der Waals surface area contributed by atoms with Gasteiger partial charge in [0.1, 0.15) is 16.9 Å². The fourth-order valence-electron chi connectivity index (χ4n) is 3.22. The molecule has 2 atom stereocenters. The fourth-order valence-corrected chi connectivity index (χ4v) is 3.22. The summed E-state index contributed by atoms with van der Waals surface area (Å²) in [5.74, 6) is -0.483. The van der Waals surface area contributed by atoms with Crippen LogP contribution in [0.25, 0.3) is 11.0 Å². The van der Waals surface area contributed by atoms with E-state index in [1.165, 1.54) is 6.07 Å². The first kappa shape index (κ1) is 14.1. The molecule has 1 saturated heterocycles. The Morgan fingerprint density at radius 2 is 2.09 bits per heavy atom. The van der Waals surface area contributed by atoms with Crippen molar-refractivity contribution in [2.45, 2.75) is 37.8 Å². The Balaban J connectivity index is 1.58. The number of amides is 2. The molecule has 2 unspecified atom stereocenters. The Bertz CT molecular complexity index is 785. The quantitative estimate of drug-likeness (QED) is 0.782. The van der Waals surface area contributed by atoms with Gasteiger partial charge in [-0.3, -0.25) is 9.59 Å². The Hall–Kier alpha value is -2.51. The molecule has 1 aliphatic heterocycles. The SMILES string of the molecule is O=C1CCC(NC(=O)c2cc(F)cc3n[nH]nc23)C(C2CC2)N1. The van der Waals surface area contributed by atoms with Crippen molar-refractivity contribution >= 4 is 22.8 Å². The molecule has 3 N–H and O–H groups in total. The number of piperidine rings is 1. The zero-order chi connectivity index (χ0) is 16.0. The molecule has 2 aromatic rings. The highest BCUT2D eigenvalue weighted by atomic mass is 19.1. The van der Waals surface area contributed by atoms with Crippen LogP contribution in [0.2, 0.25) is 0 Å².